The topological polar surface area (TPSA) is 20.2 Å². The van der Waals surface area contributed by atoms with Crippen molar-refractivity contribution in [3.05, 3.63) is 35.9 Å². The molecule has 1 heteroatoms. The Labute approximate surface area is 195 Å². The van der Waals surface area contributed by atoms with Crippen LogP contribution in [0.3, 0.4) is 0 Å². The minimum atomic E-state index is -0.276. The Bertz CT molecular complexity index is 455. The minimum absolute atomic E-state index is 0.276. The first-order valence-electron chi connectivity index (χ1n) is 14.1. The van der Waals surface area contributed by atoms with Gasteiger partial charge in [-0.3, -0.25) is 0 Å². The van der Waals surface area contributed by atoms with E-state index >= 15 is 0 Å². The van der Waals surface area contributed by atoms with Crippen LogP contribution in [0.5, 0.6) is 0 Å². The number of hydrogen-bond donors (Lipinski definition) is 1. The van der Waals surface area contributed by atoms with Crippen LogP contribution in [0.1, 0.15) is 160 Å². The smallest absolute Gasteiger partial charge is 0.0790 e. The maximum absolute atomic E-state index is 10.2. The summed E-state index contributed by atoms with van der Waals surface area (Å²) in [5, 5.41) is 10.2. The van der Waals surface area contributed by atoms with Gasteiger partial charge in [-0.1, -0.05) is 172 Å². The molecule has 0 fully saturated rings. The van der Waals surface area contributed by atoms with Crippen molar-refractivity contribution in [3.8, 4) is 0 Å². The van der Waals surface area contributed by atoms with E-state index in [9.17, 15) is 5.11 Å². The second-order valence-corrected chi connectivity index (χ2v) is 9.79. The van der Waals surface area contributed by atoms with Crippen LogP contribution >= 0.6 is 0 Å². The molecular formula is C30H54O. The molecule has 1 nitrogen and oxygen atoms in total. The third kappa shape index (κ3) is 18.5. The molecule has 1 atom stereocenters. The molecule has 0 radical (unpaired) electrons. The number of benzene rings is 1. The monoisotopic (exact) mass is 430 g/mol. The molecule has 0 aromatic heterocycles. The maximum atomic E-state index is 10.2. The summed E-state index contributed by atoms with van der Waals surface area (Å²) in [6, 6.07) is 10.1. The predicted octanol–water partition coefficient (Wildman–Crippen LogP) is 10.3. The first-order chi connectivity index (χ1) is 15.3. The fourth-order valence-corrected chi connectivity index (χ4v) is 4.61. The van der Waals surface area contributed by atoms with E-state index < -0.39 is 0 Å². The molecule has 0 heterocycles. The van der Waals surface area contributed by atoms with E-state index in [-0.39, 0.29) is 6.10 Å². The van der Waals surface area contributed by atoms with Crippen LogP contribution in [0.15, 0.2) is 30.3 Å². The van der Waals surface area contributed by atoms with Crippen LogP contribution in [0.25, 0.3) is 0 Å². The Morgan fingerprint density at radius 1 is 0.484 bits per heavy atom. The average molecular weight is 431 g/mol. The predicted molar refractivity (Wildman–Crippen MR) is 139 cm³/mol. The molecule has 0 spiro atoms. The van der Waals surface area contributed by atoms with E-state index in [0.717, 1.165) is 18.4 Å². The van der Waals surface area contributed by atoms with Crippen molar-refractivity contribution in [2.75, 3.05) is 0 Å². The van der Waals surface area contributed by atoms with Gasteiger partial charge in [0.2, 0.25) is 0 Å². The molecule has 31 heavy (non-hydrogen) atoms. The van der Waals surface area contributed by atoms with Crippen molar-refractivity contribution < 1.29 is 5.11 Å². The van der Waals surface area contributed by atoms with E-state index in [2.05, 4.69) is 6.92 Å². The maximum Gasteiger partial charge on any atom is 0.0790 e. The van der Waals surface area contributed by atoms with Crippen molar-refractivity contribution in [2.24, 2.45) is 0 Å². The molecule has 180 valence electrons. The van der Waals surface area contributed by atoms with E-state index in [1.54, 1.807) is 0 Å². The first kappa shape index (κ1) is 28.2. The molecule has 1 aromatic rings. The van der Waals surface area contributed by atoms with Crippen molar-refractivity contribution >= 4 is 0 Å². The van der Waals surface area contributed by atoms with Crippen LogP contribution in [0, 0.1) is 0 Å². The summed E-state index contributed by atoms with van der Waals surface area (Å²) in [6.45, 7) is 2.30. The summed E-state index contributed by atoms with van der Waals surface area (Å²) in [4.78, 5) is 0. The Morgan fingerprint density at radius 2 is 0.806 bits per heavy atom. The van der Waals surface area contributed by atoms with E-state index in [1.165, 1.54) is 128 Å². The highest BCUT2D eigenvalue weighted by Gasteiger charge is 2.05. The minimum Gasteiger partial charge on any atom is -0.388 e. The third-order valence-corrected chi connectivity index (χ3v) is 6.77. The summed E-state index contributed by atoms with van der Waals surface area (Å²) >= 11 is 0. The van der Waals surface area contributed by atoms with Gasteiger partial charge in [-0.15, -0.1) is 0 Å². The lowest BCUT2D eigenvalue weighted by atomic mass is 10.0. The number of aliphatic hydroxyl groups is 1. The van der Waals surface area contributed by atoms with Gasteiger partial charge in [-0.25, -0.2) is 0 Å². The van der Waals surface area contributed by atoms with Crippen molar-refractivity contribution in [1.82, 2.24) is 0 Å². The van der Waals surface area contributed by atoms with Gasteiger partial charge >= 0.3 is 0 Å². The molecule has 0 saturated heterocycles. The van der Waals surface area contributed by atoms with Gasteiger partial charge < -0.3 is 5.11 Å². The Morgan fingerprint density at radius 3 is 1.16 bits per heavy atom. The third-order valence-electron chi connectivity index (χ3n) is 6.77. The quantitative estimate of drug-likeness (QED) is 0.171. The van der Waals surface area contributed by atoms with Crippen molar-refractivity contribution in [3.63, 3.8) is 0 Å². The van der Waals surface area contributed by atoms with Gasteiger partial charge in [0.15, 0.2) is 0 Å². The van der Waals surface area contributed by atoms with Gasteiger partial charge in [0, 0.05) is 0 Å². The molecule has 0 saturated carbocycles. The second kappa shape index (κ2) is 22.4. The summed E-state index contributed by atoms with van der Waals surface area (Å²) < 4.78 is 0. The van der Waals surface area contributed by atoms with Crippen molar-refractivity contribution in [1.29, 1.82) is 0 Å². The molecule has 0 aliphatic heterocycles. The lowest BCUT2D eigenvalue weighted by molar-refractivity contribution is 0.163. The summed E-state index contributed by atoms with van der Waals surface area (Å²) in [5.74, 6) is 0. The Kier molecular flexibility index (Phi) is 20.4. The first-order valence-corrected chi connectivity index (χ1v) is 14.1. The van der Waals surface area contributed by atoms with Crippen molar-refractivity contribution in [2.45, 2.75) is 154 Å². The number of hydrogen-bond acceptors (Lipinski definition) is 1. The highest BCUT2D eigenvalue weighted by molar-refractivity contribution is 5.16. The van der Waals surface area contributed by atoms with Gasteiger partial charge in [0.05, 0.1) is 6.10 Å². The SMILES string of the molecule is CCCCCCCCCCCCCCCCCCCCCCCC(O)c1ccccc1. The Hall–Kier alpha value is -0.820. The van der Waals surface area contributed by atoms with Crippen LogP contribution < -0.4 is 0 Å². The van der Waals surface area contributed by atoms with Gasteiger partial charge in [-0.2, -0.15) is 0 Å². The van der Waals surface area contributed by atoms with Gasteiger partial charge in [0.1, 0.15) is 0 Å². The molecule has 1 aromatic carbocycles. The molecule has 0 bridgehead atoms. The normalized spacial score (nSPS) is 12.3. The van der Waals surface area contributed by atoms with Gasteiger partial charge in [0.25, 0.3) is 0 Å². The zero-order chi connectivity index (χ0) is 22.2. The standard InChI is InChI=1S/C30H54O/c1-2-3-4-5-6-7-8-9-10-11-12-13-14-15-16-17-18-19-20-21-25-28-30(31)29-26-23-22-24-27-29/h22-24,26-27,30-31H,2-21,25,28H2,1H3. The molecule has 1 unspecified atom stereocenters. The molecule has 1 rings (SSSR count). The molecule has 0 amide bonds. The molecule has 0 aliphatic carbocycles. The zero-order valence-electron chi connectivity index (χ0n) is 21.0. The molecular weight excluding hydrogens is 376 g/mol. The van der Waals surface area contributed by atoms with Crippen LogP contribution in [-0.2, 0) is 0 Å². The van der Waals surface area contributed by atoms with E-state index in [1.807, 2.05) is 30.3 Å². The summed E-state index contributed by atoms with van der Waals surface area (Å²) in [7, 11) is 0. The number of aliphatic hydroxyl groups excluding tert-OH is 1. The highest BCUT2D eigenvalue weighted by Crippen LogP contribution is 2.20. The zero-order valence-corrected chi connectivity index (χ0v) is 21.0. The van der Waals surface area contributed by atoms with Crippen LogP contribution in [0.4, 0.5) is 0 Å². The lowest BCUT2D eigenvalue weighted by Crippen LogP contribution is -1.96. The van der Waals surface area contributed by atoms with E-state index in [4.69, 9.17) is 0 Å². The molecule has 1 N–H and O–H groups in total. The fourth-order valence-electron chi connectivity index (χ4n) is 4.61. The number of unbranched alkanes of at least 4 members (excludes halogenated alkanes) is 20. The number of rotatable bonds is 23. The Balaban J connectivity index is 1.70. The fraction of sp³-hybridized carbons (Fsp3) is 0.800. The van der Waals surface area contributed by atoms with Crippen LogP contribution in [-0.4, -0.2) is 5.11 Å². The van der Waals surface area contributed by atoms with Crippen LogP contribution in [0.2, 0.25) is 0 Å². The summed E-state index contributed by atoms with van der Waals surface area (Å²) in [5.41, 5.74) is 1.07. The average Bonchev–Trinajstić information content (AvgIpc) is 2.80. The largest absolute Gasteiger partial charge is 0.388 e. The lowest BCUT2D eigenvalue weighted by Gasteiger charge is -2.10. The summed E-state index contributed by atoms with van der Waals surface area (Å²) in [6.07, 6.45) is 30.4. The second-order valence-electron chi connectivity index (χ2n) is 9.79. The molecule has 0 aliphatic rings. The highest BCUT2D eigenvalue weighted by atomic mass is 16.3. The van der Waals surface area contributed by atoms with Gasteiger partial charge in [-0.05, 0) is 12.0 Å². The van der Waals surface area contributed by atoms with E-state index in [0.29, 0.717) is 0 Å².